The molecule has 8 nitrogen and oxygen atoms in total. The molecular weight excluding hydrogens is 210 g/mol. The van der Waals surface area contributed by atoms with Gasteiger partial charge in [0.15, 0.2) is 0 Å². The van der Waals surface area contributed by atoms with Crippen molar-refractivity contribution in [1.82, 2.24) is 0 Å². The highest BCUT2D eigenvalue weighted by Crippen LogP contribution is 1.96. The fourth-order valence-electron chi connectivity index (χ4n) is 0.571. The molecule has 0 aromatic rings. The van der Waals surface area contributed by atoms with Gasteiger partial charge < -0.3 is 14.6 Å². The lowest BCUT2D eigenvalue weighted by atomic mass is 10.5. The minimum absolute atomic E-state index is 0.0927. The molecule has 0 bridgehead atoms. The molecule has 0 aromatic carbocycles. The van der Waals surface area contributed by atoms with Crippen LogP contribution in [0.5, 0.6) is 0 Å². The second-order valence-electron chi connectivity index (χ2n) is 2.23. The Morgan fingerprint density at radius 1 is 1.60 bits per heavy atom. The first-order valence-corrected chi connectivity index (χ1v) is 3.96. The van der Waals surface area contributed by atoms with Gasteiger partial charge in [-0.15, -0.1) is 10.1 Å². The summed E-state index contributed by atoms with van der Waals surface area (Å²) in [6, 6.07) is 0. The predicted octanol–water partition coefficient (Wildman–Crippen LogP) is 0.242. The SMILES string of the molecule is CC(OC(=O)OC/C=C\CO)O[N+](=O)[O-]. The summed E-state index contributed by atoms with van der Waals surface area (Å²) in [7, 11) is 0. The van der Waals surface area contributed by atoms with Crippen molar-refractivity contribution in [2.45, 2.75) is 13.2 Å². The van der Waals surface area contributed by atoms with Crippen LogP contribution in [-0.4, -0.2) is 35.9 Å². The molecule has 1 unspecified atom stereocenters. The maximum absolute atomic E-state index is 10.8. The smallest absolute Gasteiger partial charge is 0.430 e. The van der Waals surface area contributed by atoms with E-state index in [0.717, 1.165) is 0 Å². The van der Waals surface area contributed by atoms with E-state index in [9.17, 15) is 14.9 Å². The summed E-state index contributed by atoms with van der Waals surface area (Å²) in [6.45, 7) is 0.914. The monoisotopic (exact) mass is 221 g/mol. The molecule has 0 fully saturated rings. The van der Waals surface area contributed by atoms with Gasteiger partial charge in [-0.25, -0.2) is 4.79 Å². The topological polar surface area (TPSA) is 108 Å². The van der Waals surface area contributed by atoms with Crippen LogP contribution in [0.3, 0.4) is 0 Å². The maximum Gasteiger partial charge on any atom is 0.510 e. The van der Waals surface area contributed by atoms with Crippen molar-refractivity contribution in [2.24, 2.45) is 0 Å². The number of carbonyl (C=O) groups is 1. The number of aliphatic hydroxyl groups excluding tert-OH is 1. The minimum Gasteiger partial charge on any atom is -0.430 e. The lowest BCUT2D eigenvalue weighted by Gasteiger charge is -2.09. The Bertz CT molecular complexity index is 239. The van der Waals surface area contributed by atoms with Gasteiger partial charge in [-0.2, -0.15) is 0 Å². The fraction of sp³-hybridized carbons (Fsp3) is 0.571. The first-order chi connectivity index (χ1) is 7.06. The van der Waals surface area contributed by atoms with Gasteiger partial charge in [0.05, 0.1) is 6.61 Å². The molecule has 1 N–H and O–H groups in total. The maximum atomic E-state index is 10.8. The van der Waals surface area contributed by atoms with Gasteiger partial charge in [0, 0.05) is 0 Å². The summed E-state index contributed by atoms with van der Waals surface area (Å²) in [5.74, 6) is 0. The number of aliphatic hydroxyl groups is 1. The predicted molar refractivity (Wildman–Crippen MR) is 46.2 cm³/mol. The average molecular weight is 221 g/mol. The molecule has 0 heterocycles. The summed E-state index contributed by atoms with van der Waals surface area (Å²) in [5, 5.41) is 17.0. The molecule has 86 valence electrons. The van der Waals surface area contributed by atoms with Crippen LogP contribution in [0.15, 0.2) is 12.2 Å². The van der Waals surface area contributed by atoms with Gasteiger partial charge in [0.25, 0.3) is 5.09 Å². The third-order valence-corrected chi connectivity index (χ3v) is 1.07. The van der Waals surface area contributed by atoms with Gasteiger partial charge in [-0.05, 0) is 13.0 Å². The highest BCUT2D eigenvalue weighted by molar-refractivity contribution is 5.60. The van der Waals surface area contributed by atoms with E-state index in [0.29, 0.717) is 0 Å². The van der Waals surface area contributed by atoms with Crippen LogP contribution in [0.25, 0.3) is 0 Å². The van der Waals surface area contributed by atoms with Crippen LogP contribution < -0.4 is 0 Å². The van der Waals surface area contributed by atoms with Crippen molar-refractivity contribution in [3.8, 4) is 0 Å². The summed E-state index contributed by atoms with van der Waals surface area (Å²) in [4.78, 5) is 24.4. The molecule has 0 spiro atoms. The number of hydrogen-bond donors (Lipinski definition) is 1. The Morgan fingerprint density at radius 2 is 2.27 bits per heavy atom. The zero-order valence-corrected chi connectivity index (χ0v) is 7.99. The first kappa shape index (κ1) is 13.2. The van der Waals surface area contributed by atoms with Crippen molar-refractivity contribution in [1.29, 1.82) is 0 Å². The van der Waals surface area contributed by atoms with Crippen LogP contribution in [0.2, 0.25) is 0 Å². The van der Waals surface area contributed by atoms with Crippen LogP contribution in [0.4, 0.5) is 4.79 Å². The molecular formula is C7H11NO7. The normalized spacial score (nSPS) is 12.1. The quantitative estimate of drug-likeness (QED) is 0.225. The van der Waals surface area contributed by atoms with Crippen molar-refractivity contribution in [2.75, 3.05) is 13.2 Å². The molecule has 0 aliphatic heterocycles. The fourth-order valence-corrected chi connectivity index (χ4v) is 0.571. The number of carbonyl (C=O) groups excluding carboxylic acids is 1. The Hall–Kier alpha value is -1.83. The average Bonchev–Trinajstić information content (AvgIpc) is 2.10. The van der Waals surface area contributed by atoms with Crippen LogP contribution in [-0.2, 0) is 14.3 Å². The van der Waals surface area contributed by atoms with Crippen molar-refractivity contribution >= 4 is 6.16 Å². The summed E-state index contributed by atoms with van der Waals surface area (Å²) < 4.78 is 8.75. The van der Waals surface area contributed by atoms with E-state index in [1.807, 2.05) is 0 Å². The molecule has 0 amide bonds. The molecule has 0 radical (unpaired) electrons. The van der Waals surface area contributed by atoms with Gasteiger partial charge in [0.2, 0.25) is 6.29 Å². The Balaban J connectivity index is 3.64. The zero-order chi connectivity index (χ0) is 11.7. The van der Waals surface area contributed by atoms with Crippen molar-refractivity contribution in [3.63, 3.8) is 0 Å². The van der Waals surface area contributed by atoms with Crippen molar-refractivity contribution < 1.29 is 29.3 Å². The number of rotatable bonds is 6. The van der Waals surface area contributed by atoms with E-state index in [4.69, 9.17) is 5.11 Å². The molecule has 0 rings (SSSR count). The Morgan fingerprint density at radius 3 is 2.80 bits per heavy atom. The van der Waals surface area contributed by atoms with E-state index >= 15 is 0 Å². The summed E-state index contributed by atoms with van der Waals surface area (Å²) in [6.07, 6.45) is 0.339. The molecule has 0 aliphatic rings. The van der Waals surface area contributed by atoms with Crippen molar-refractivity contribution in [3.05, 3.63) is 22.3 Å². The molecule has 0 aromatic heterocycles. The van der Waals surface area contributed by atoms with Gasteiger partial charge in [-0.3, -0.25) is 4.84 Å². The van der Waals surface area contributed by atoms with Crippen LogP contribution in [0.1, 0.15) is 6.92 Å². The molecule has 0 saturated heterocycles. The third kappa shape index (κ3) is 8.50. The standard InChI is InChI=1S/C7H11NO7/c1-6(15-8(11)12)14-7(10)13-5-3-2-4-9/h2-3,6,9H,4-5H2,1H3/b3-2-. The van der Waals surface area contributed by atoms with Crippen LogP contribution >= 0.6 is 0 Å². The van der Waals surface area contributed by atoms with E-state index in [-0.39, 0.29) is 13.2 Å². The van der Waals surface area contributed by atoms with Gasteiger partial charge in [-0.1, -0.05) is 6.08 Å². The number of hydrogen-bond acceptors (Lipinski definition) is 7. The third-order valence-electron chi connectivity index (χ3n) is 1.07. The largest absolute Gasteiger partial charge is 0.510 e. The Labute approximate surface area is 85.1 Å². The molecule has 0 saturated carbocycles. The first-order valence-electron chi connectivity index (χ1n) is 3.96. The molecule has 1 atom stereocenters. The number of ether oxygens (including phenoxy) is 2. The second kappa shape index (κ2) is 7.56. The van der Waals surface area contributed by atoms with E-state index in [1.54, 1.807) is 0 Å². The molecule has 0 aliphatic carbocycles. The lowest BCUT2D eigenvalue weighted by molar-refractivity contribution is -0.777. The summed E-state index contributed by atoms with van der Waals surface area (Å²) in [5.41, 5.74) is 0. The van der Waals surface area contributed by atoms with Gasteiger partial charge >= 0.3 is 6.16 Å². The minimum atomic E-state index is -1.32. The second-order valence-corrected chi connectivity index (χ2v) is 2.23. The van der Waals surface area contributed by atoms with Crippen LogP contribution in [0, 0.1) is 10.1 Å². The summed E-state index contributed by atoms with van der Waals surface area (Å²) >= 11 is 0. The van der Waals surface area contributed by atoms with E-state index < -0.39 is 17.5 Å². The zero-order valence-electron chi connectivity index (χ0n) is 7.99. The highest BCUT2D eigenvalue weighted by atomic mass is 17.0. The molecule has 15 heavy (non-hydrogen) atoms. The number of nitrogens with zero attached hydrogens (tertiary/aromatic N) is 1. The Kier molecular flexibility index (Phi) is 6.64. The van der Waals surface area contributed by atoms with E-state index in [1.165, 1.54) is 19.1 Å². The van der Waals surface area contributed by atoms with Gasteiger partial charge in [0.1, 0.15) is 6.61 Å². The van der Waals surface area contributed by atoms with E-state index in [2.05, 4.69) is 14.3 Å². The lowest BCUT2D eigenvalue weighted by Crippen LogP contribution is -2.21. The highest BCUT2D eigenvalue weighted by Gasteiger charge is 2.13. The molecule has 8 heteroatoms.